The molecule has 0 radical (unpaired) electrons. The second kappa shape index (κ2) is 7.96. The number of carbonyl (C=O) groups is 2. The number of thiophene rings is 1. The predicted octanol–water partition coefficient (Wildman–Crippen LogP) is 3.03. The van der Waals surface area contributed by atoms with Gasteiger partial charge in [0.1, 0.15) is 0 Å². The topological polar surface area (TPSA) is 72.9 Å². The molecule has 0 spiro atoms. The Labute approximate surface area is 159 Å². The van der Waals surface area contributed by atoms with Gasteiger partial charge in [0.05, 0.1) is 11.5 Å². The molecular formula is C19H29N3O3S. The number of nitrogens with zero attached hydrogens (tertiary/aromatic N) is 2. The number of hydrogen-bond acceptors (Lipinski definition) is 4. The number of carboxylic acid groups (broad SMARTS) is 1. The number of piperidine rings is 1. The number of urea groups is 1. The molecule has 7 heteroatoms. The number of nitrogens with one attached hydrogen (secondary N) is 1. The lowest BCUT2D eigenvalue weighted by Crippen LogP contribution is -2.45. The number of likely N-dealkylation sites (tertiary alicyclic amines) is 2. The molecule has 2 saturated heterocycles. The van der Waals surface area contributed by atoms with Crippen molar-refractivity contribution < 1.29 is 14.7 Å². The monoisotopic (exact) mass is 379 g/mol. The molecular weight excluding hydrogens is 350 g/mol. The lowest BCUT2D eigenvalue weighted by atomic mass is 9.90. The Bertz CT molecular complexity index is 628. The van der Waals surface area contributed by atoms with Crippen LogP contribution in [0.1, 0.15) is 44.0 Å². The molecule has 144 valence electrons. The number of rotatable bonds is 5. The fourth-order valence-electron chi connectivity index (χ4n) is 3.84. The highest BCUT2D eigenvalue weighted by Gasteiger charge is 2.42. The van der Waals surface area contributed by atoms with Crippen molar-refractivity contribution in [2.24, 2.45) is 11.3 Å². The molecule has 0 aliphatic carbocycles. The Morgan fingerprint density at radius 2 is 2.12 bits per heavy atom. The van der Waals surface area contributed by atoms with E-state index in [9.17, 15) is 14.7 Å². The van der Waals surface area contributed by atoms with Gasteiger partial charge in [0.25, 0.3) is 0 Å². The van der Waals surface area contributed by atoms with E-state index < -0.39 is 11.4 Å². The van der Waals surface area contributed by atoms with Crippen LogP contribution in [0.25, 0.3) is 0 Å². The highest BCUT2D eigenvalue weighted by molar-refractivity contribution is 7.10. The van der Waals surface area contributed by atoms with Crippen LogP contribution in [0.15, 0.2) is 17.5 Å². The summed E-state index contributed by atoms with van der Waals surface area (Å²) in [6.07, 6.45) is 2.89. The van der Waals surface area contributed by atoms with E-state index in [0.29, 0.717) is 19.5 Å². The minimum absolute atomic E-state index is 0.151. The Balaban J connectivity index is 1.60. The molecule has 1 aromatic heterocycles. The van der Waals surface area contributed by atoms with E-state index in [4.69, 9.17) is 0 Å². The summed E-state index contributed by atoms with van der Waals surface area (Å²) in [6, 6.07) is 4.23. The van der Waals surface area contributed by atoms with Crippen LogP contribution in [0.5, 0.6) is 0 Å². The molecule has 2 aliphatic rings. The van der Waals surface area contributed by atoms with Gasteiger partial charge in [0.15, 0.2) is 0 Å². The molecule has 26 heavy (non-hydrogen) atoms. The minimum Gasteiger partial charge on any atom is -0.481 e. The molecule has 2 unspecified atom stereocenters. The maximum Gasteiger partial charge on any atom is 0.317 e. The zero-order valence-corrected chi connectivity index (χ0v) is 16.4. The molecule has 0 saturated carbocycles. The third-order valence-corrected chi connectivity index (χ3v) is 6.83. The number of hydrogen-bond donors (Lipinski definition) is 2. The summed E-state index contributed by atoms with van der Waals surface area (Å²) in [5.74, 6) is -0.0604. The standard InChI is InChI=1S/C19H29N3O3S/c1-14-5-8-21(9-6-14)15(16-4-3-11-26-16)12-20-18(25)22-10-7-19(2,13-22)17(23)24/h3-4,11,14-15H,5-10,12-13H2,1-2H3,(H,20,25)(H,23,24). The van der Waals surface area contributed by atoms with E-state index in [2.05, 4.69) is 34.7 Å². The first kappa shape index (κ1) is 19.2. The molecule has 3 heterocycles. The smallest absolute Gasteiger partial charge is 0.317 e. The van der Waals surface area contributed by atoms with Gasteiger partial charge in [0.2, 0.25) is 0 Å². The fourth-order valence-corrected chi connectivity index (χ4v) is 4.70. The van der Waals surface area contributed by atoms with Crippen LogP contribution in [0, 0.1) is 11.3 Å². The van der Waals surface area contributed by atoms with Gasteiger partial charge < -0.3 is 15.3 Å². The van der Waals surface area contributed by atoms with E-state index in [1.165, 1.54) is 17.7 Å². The van der Waals surface area contributed by atoms with Gasteiger partial charge in [-0.15, -0.1) is 11.3 Å². The molecule has 2 aliphatic heterocycles. The quantitative estimate of drug-likeness (QED) is 0.825. The molecule has 2 N–H and O–H groups in total. The summed E-state index contributed by atoms with van der Waals surface area (Å²) < 4.78 is 0. The van der Waals surface area contributed by atoms with Gasteiger partial charge >= 0.3 is 12.0 Å². The molecule has 6 nitrogen and oxygen atoms in total. The Kier molecular flexibility index (Phi) is 5.87. The van der Waals surface area contributed by atoms with E-state index in [1.54, 1.807) is 23.2 Å². The van der Waals surface area contributed by atoms with Gasteiger partial charge in [-0.1, -0.05) is 13.0 Å². The summed E-state index contributed by atoms with van der Waals surface area (Å²) in [5, 5.41) is 14.5. The largest absolute Gasteiger partial charge is 0.481 e. The maximum atomic E-state index is 12.6. The van der Waals surface area contributed by atoms with Crippen molar-refractivity contribution in [3.05, 3.63) is 22.4 Å². The van der Waals surface area contributed by atoms with Gasteiger partial charge in [-0.2, -0.15) is 0 Å². The lowest BCUT2D eigenvalue weighted by molar-refractivity contribution is -0.147. The molecule has 0 bridgehead atoms. The summed E-state index contributed by atoms with van der Waals surface area (Å²) in [5.41, 5.74) is -0.826. The van der Waals surface area contributed by atoms with Crippen molar-refractivity contribution in [1.82, 2.24) is 15.1 Å². The zero-order chi connectivity index (χ0) is 18.7. The van der Waals surface area contributed by atoms with E-state index >= 15 is 0 Å². The second-order valence-electron chi connectivity index (χ2n) is 7.97. The highest BCUT2D eigenvalue weighted by Crippen LogP contribution is 2.31. The number of aliphatic carboxylic acids is 1. The van der Waals surface area contributed by atoms with Gasteiger partial charge in [-0.05, 0) is 56.6 Å². The van der Waals surface area contributed by atoms with Crippen LogP contribution < -0.4 is 5.32 Å². The van der Waals surface area contributed by atoms with Crippen molar-refractivity contribution in [1.29, 1.82) is 0 Å². The minimum atomic E-state index is -0.827. The van der Waals surface area contributed by atoms with Gasteiger partial charge in [-0.3, -0.25) is 9.69 Å². The first-order valence-corrected chi connectivity index (χ1v) is 10.3. The first-order valence-electron chi connectivity index (χ1n) is 9.43. The van der Waals surface area contributed by atoms with Crippen molar-refractivity contribution >= 4 is 23.3 Å². The average molecular weight is 380 g/mol. The molecule has 2 fully saturated rings. The molecule has 3 rings (SSSR count). The van der Waals surface area contributed by atoms with Gasteiger partial charge in [0, 0.05) is 24.5 Å². The summed E-state index contributed by atoms with van der Waals surface area (Å²) in [7, 11) is 0. The van der Waals surface area contributed by atoms with Crippen molar-refractivity contribution in [2.45, 2.75) is 39.2 Å². The molecule has 0 aromatic carbocycles. The van der Waals surface area contributed by atoms with E-state index in [-0.39, 0.29) is 18.6 Å². The molecule has 1 aromatic rings. The SMILES string of the molecule is CC1CCN(C(CNC(=O)N2CCC(C)(C(=O)O)C2)c2cccs2)CC1. The summed E-state index contributed by atoms with van der Waals surface area (Å²) in [4.78, 5) is 29.3. The maximum absolute atomic E-state index is 12.6. The average Bonchev–Trinajstić information content (AvgIpc) is 3.27. The number of carbonyl (C=O) groups excluding carboxylic acids is 1. The van der Waals surface area contributed by atoms with Crippen LogP contribution in [-0.4, -0.2) is 59.6 Å². The second-order valence-corrected chi connectivity index (χ2v) is 8.95. The van der Waals surface area contributed by atoms with Crippen LogP contribution in [0.2, 0.25) is 0 Å². The molecule has 2 atom stereocenters. The van der Waals surface area contributed by atoms with E-state index in [1.807, 2.05) is 0 Å². The van der Waals surface area contributed by atoms with Crippen molar-refractivity contribution in [3.63, 3.8) is 0 Å². The highest BCUT2D eigenvalue weighted by atomic mass is 32.1. The third kappa shape index (κ3) is 4.20. The van der Waals surface area contributed by atoms with E-state index in [0.717, 1.165) is 19.0 Å². The predicted molar refractivity (Wildman–Crippen MR) is 102 cm³/mol. The van der Waals surface area contributed by atoms with Crippen molar-refractivity contribution in [3.8, 4) is 0 Å². The normalized spacial score (nSPS) is 26.0. The van der Waals surface area contributed by atoms with Gasteiger partial charge in [-0.25, -0.2) is 4.79 Å². The van der Waals surface area contributed by atoms with Crippen LogP contribution in [-0.2, 0) is 4.79 Å². The van der Waals surface area contributed by atoms with Crippen LogP contribution >= 0.6 is 11.3 Å². The number of amides is 2. The zero-order valence-electron chi connectivity index (χ0n) is 15.6. The van der Waals surface area contributed by atoms with Crippen molar-refractivity contribution in [2.75, 3.05) is 32.7 Å². The first-order chi connectivity index (χ1) is 12.4. The summed E-state index contributed by atoms with van der Waals surface area (Å²) >= 11 is 1.73. The molecule has 2 amide bonds. The third-order valence-electron chi connectivity index (χ3n) is 5.85. The van der Waals surface area contributed by atoms with Crippen LogP contribution in [0.3, 0.4) is 0 Å². The fraction of sp³-hybridized carbons (Fsp3) is 0.684. The Morgan fingerprint density at radius 1 is 1.38 bits per heavy atom. The summed E-state index contributed by atoms with van der Waals surface area (Å²) in [6.45, 7) is 7.46. The Morgan fingerprint density at radius 3 is 2.69 bits per heavy atom. The lowest BCUT2D eigenvalue weighted by Gasteiger charge is -2.36. The number of carboxylic acids is 1. The van der Waals surface area contributed by atoms with Crippen LogP contribution in [0.4, 0.5) is 4.79 Å². The Hall–Kier alpha value is -1.60.